The van der Waals surface area contributed by atoms with Crippen molar-refractivity contribution in [3.63, 3.8) is 0 Å². The Morgan fingerprint density at radius 3 is 1.74 bits per heavy atom. The van der Waals surface area contributed by atoms with E-state index in [1.165, 1.54) is 38.5 Å². The molecule has 0 radical (unpaired) electrons. The number of hydrogen-bond donors (Lipinski definition) is 0. The molecular weight excluding hydrogens is 388 g/mol. The standard InChI is InChI=1S/C27H48O4/c1-6-7-8-9-10-11-12-13-18-24(26(28)30-19-21(2)3)25(23-16-14-15-17-23)27(29)31-20-22(4)5/h21-23H,6-20H2,1-5H3. The van der Waals surface area contributed by atoms with Crippen LogP contribution in [0.5, 0.6) is 0 Å². The van der Waals surface area contributed by atoms with Gasteiger partial charge in [0.2, 0.25) is 0 Å². The Morgan fingerprint density at radius 1 is 0.742 bits per heavy atom. The van der Waals surface area contributed by atoms with Crippen LogP contribution in [0.25, 0.3) is 0 Å². The van der Waals surface area contributed by atoms with Crippen molar-refractivity contribution in [1.29, 1.82) is 0 Å². The highest BCUT2D eigenvalue weighted by Crippen LogP contribution is 2.35. The largest absolute Gasteiger partial charge is 0.462 e. The van der Waals surface area contributed by atoms with Crippen molar-refractivity contribution in [3.8, 4) is 0 Å². The Hall–Kier alpha value is -1.32. The molecule has 0 amide bonds. The van der Waals surface area contributed by atoms with Crippen molar-refractivity contribution in [2.24, 2.45) is 17.8 Å². The summed E-state index contributed by atoms with van der Waals surface area (Å²) < 4.78 is 11.2. The molecule has 4 nitrogen and oxygen atoms in total. The van der Waals surface area contributed by atoms with Gasteiger partial charge < -0.3 is 9.47 Å². The molecule has 180 valence electrons. The molecule has 1 aliphatic rings. The molecule has 1 rings (SSSR count). The van der Waals surface area contributed by atoms with E-state index in [9.17, 15) is 9.59 Å². The highest BCUT2D eigenvalue weighted by Gasteiger charge is 2.32. The molecule has 0 aromatic rings. The van der Waals surface area contributed by atoms with Crippen molar-refractivity contribution in [2.75, 3.05) is 13.2 Å². The average molecular weight is 437 g/mol. The molecule has 0 saturated heterocycles. The lowest BCUT2D eigenvalue weighted by Crippen LogP contribution is -2.23. The quantitative estimate of drug-likeness (QED) is 0.144. The second-order valence-corrected chi connectivity index (χ2v) is 10.1. The summed E-state index contributed by atoms with van der Waals surface area (Å²) in [5, 5.41) is 0. The maximum Gasteiger partial charge on any atom is 0.334 e. The molecule has 0 aromatic heterocycles. The first-order chi connectivity index (χ1) is 14.9. The van der Waals surface area contributed by atoms with Gasteiger partial charge in [-0.05, 0) is 43.4 Å². The van der Waals surface area contributed by atoms with E-state index in [4.69, 9.17) is 9.47 Å². The normalized spacial score (nSPS) is 15.5. The minimum Gasteiger partial charge on any atom is -0.462 e. The van der Waals surface area contributed by atoms with Crippen LogP contribution in [0.4, 0.5) is 0 Å². The van der Waals surface area contributed by atoms with Crippen molar-refractivity contribution in [3.05, 3.63) is 11.1 Å². The van der Waals surface area contributed by atoms with Crippen LogP contribution in [0.2, 0.25) is 0 Å². The number of ether oxygens (including phenoxy) is 2. The van der Waals surface area contributed by atoms with Gasteiger partial charge in [-0.15, -0.1) is 0 Å². The molecule has 0 N–H and O–H groups in total. The molecule has 0 heterocycles. The number of rotatable bonds is 16. The number of unbranched alkanes of at least 4 members (excludes halogenated alkanes) is 7. The second kappa shape index (κ2) is 16.3. The van der Waals surface area contributed by atoms with E-state index in [1.807, 2.05) is 27.7 Å². The zero-order valence-corrected chi connectivity index (χ0v) is 21.0. The average Bonchev–Trinajstić information content (AvgIpc) is 3.25. The zero-order chi connectivity index (χ0) is 23.1. The molecule has 0 aliphatic heterocycles. The summed E-state index contributed by atoms with van der Waals surface area (Å²) in [6, 6.07) is 0. The summed E-state index contributed by atoms with van der Waals surface area (Å²) in [4.78, 5) is 26.1. The molecule has 1 saturated carbocycles. The highest BCUT2D eigenvalue weighted by atomic mass is 16.5. The number of carbonyl (C=O) groups is 2. The van der Waals surface area contributed by atoms with Gasteiger partial charge >= 0.3 is 11.9 Å². The van der Waals surface area contributed by atoms with Gasteiger partial charge in [0, 0.05) is 5.57 Å². The van der Waals surface area contributed by atoms with E-state index in [-0.39, 0.29) is 29.7 Å². The lowest BCUT2D eigenvalue weighted by atomic mass is 9.90. The van der Waals surface area contributed by atoms with Crippen LogP contribution < -0.4 is 0 Å². The number of hydrogen-bond acceptors (Lipinski definition) is 4. The van der Waals surface area contributed by atoms with Gasteiger partial charge in [-0.25, -0.2) is 9.59 Å². The third-order valence-electron chi connectivity index (χ3n) is 5.93. The van der Waals surface area contributed by atoms with E-state index in [0.717, 1.165) is 38.5 Å². The smallest absolute Gasteiger partial charge is 0.334 e. The highest BCUT2D eigenvalue weighted by molar-refractivity contribution is 6.00. The van der Waals surface area contributed by atoms with Gasteiger partial charge in [0.05, 0.1) is 18.8 Å². The van der Waals surface area contributed by atoms with Crippen LogP contribution in [0.3, 0.4) is 0 Å². The van der Waals surface area contributed by atoms with Gasteiger partial charge in [0.15, 0.2) is 0 Å². The van der Waals surface area contributed by atoms with Gasteiger partial charge in [0.25, 0.3) is 0 Å². The number of carbonyl (C=O) groups excluding carboxylic acids is 2. The summed E-state index contributed by atoms with van der Waals surface area (Å²) in [5.41, 5.74) is 1.21. The van der Waals surface area contributed by atoms with E-state index in [2.05, 4.69) is 6.92 Å². The Balaban J connectivity index is 2.88. The summed E-state index contributed by atoms with van der Waals surface area (Å²) >= 11 is 0. The van der Waals surface area contributed by atoms with Crippen LogP contribution in [0, 0.1) is 17.8 Å². The molecule has 0 bridgehead atoms. The van der Waals surface area contributed by atoms with Crippen LogP contribution in [-0.2, 0) is 19.1 Å². The molecule has 0 atom stereocenters. The number of esters is 2. The first-order valence-electron chi connectivity index (χ1n) is 12.9. The fourth-order valence-corrected chi connectivity index (χ4v) is 4.18. The van der Waals surface area contributed by atoms with Crippen LogP contribution in [0.1, 0.15) is 118 Å². The first kappa shape index (κ1) is 27.7. The fourth-order valence-electron chi connectivity index (χ4n) is 4.18. The third-order valence-corrected chi connectivity index (χ3v) is 5.93. The van der Waals surface area contributed by atoms with E-state index in [1.54, 1.807) is 0 Å². The predicted molar refractivity (Wildman–Crippen MR) is 128 cm³/mol. The molecule has 31 heavy (non-hydrogen) atoms. The van der Waals surface area contributed by atoms with Crippen molar-refractivity contribution < 1.29 is 19.1 Å². The van der Waals surface area contributed by atoms with E-state index >= 15 is 0 Å². The topological polar surface area (TPSA) is 52.6 Å². The minimum atomic E-state index is -0.306. The van der Waals surface area contributed by atoms with E-state index < -0.39 is 0 Å². The van der Waals surface area contributed by atoms with Crippen molar-refractivity contribution in [1.82, 2.24) is 0 Å². The third kappa shape index (κ3) is 11.8. The second-order valence-electron chi connectivity index (χ2n) is 10.1. The molecule has 4 heteroatoms. The summed E-state index contributed by atoms with van der Waals surface area (Å²) in [6.07, 6.45) is 14.4. The molecule has 0 unspecified atom stereocenters. The summed E-state index contributed by atoms with van der Waals surface area (Å²) in [6.45, 7) is 11.1. The Morgan fingerprint density at radius 2 is 1.23 bits per heavy atom. The fraction of sp³-hybridized carbons (Fsp3) is 0.852. The van der Waals surface area contributed by atoms with Gasteiger partial charge in [-0.2, -0.15) is 0 Å². The minimum absolute atomic E-state index is 0.135. The van der Waals surface area contributed by atoms with Gasteiger partial charge in [-0.3, -0.25) is 0 Å². The predicted octanol–water partition coefficient (Wildman–Crippen LogP) is 7.40. The molecule has 1 fully saturated rings. The van der Waals surface area contributed by atoms with Crippen LogP contribution in [-0.4, -0.2) is 25.2 Å². The Bertz CT molecular complexity index is 541. The zero-order valence-electron chi connectivity index (χ0n) is 21.0. The van der Waals surface area contributed by atoms with Crippen LogP contribution in [0.15, 0.2) is 11.1 Å². The first-order valence-corrected chi connectivity index (χ1v) is 12.9. The van der Waals surface area contributed by atoms with Crippen LogP contribution >= 0.6 is 0 Å². The Labute approximate surface area is 191 Å². The maximum atomic E-state index is 13.1. The van der Waals surface area contributed by atoms with Crippen molar-refractivity contribution in [2.45, 2.75) is 118 Å². The summed E-state index contributed by atoms with van der Waals surface area (Å²) in [5.74, 6) is 0.0842. The molecule has 0 spiro atoms. The monoisotopic (exact) mass is 436 g/mol. The lowest BCUT2D eigenvalue weighted by molar-refractivity contribution is -0.144. The Kier molecular flexibility index (Phi) is 14.6. The van der Waals surface area contributed by atoms with Crippen molar-refractivity contribution >= 4 is 11.9 Å². The molecular formula is C27H48O4. The maximum absolute atomic E-state index is 13.1. The van der Waals surface area contributed by atoms with Gasteiger partial charge in [0.1, 0.15) is 0 Å². The summed E-state index contributed by atoms with van der Waals surface area (Å²) in [7, 11) is 0. The SMILES string of the molecule is CCCCCCCCCCC(C(=O)OCC(C)C)=C(C(=O)OCC(C)C)C1CCCC1. The lowest BCUT2D eigenvalue weighted by Gasteiger charge is -2.20. The van der Waals surface area contributed by atoms with E-state index in [0.29, 0.717) is 30.8 Å². The molecule has 0 aromatic carbocycles. The van der Waals surface area contributed by atoms with Gasteiger partial charge in [-0.1, -0.05) is 92.4 Å². The molecule has 1 aliphatic carbocycles.